The number of hydrogen-bond donors (Lipinski definition) is 1. The minimum atomic E-state index is -0.144. The molecule has 0 spiro atoms. The van der Waals surface area contributed by atoms with Gasteiger partial charge in [-0.1, -0.05) is 13.8 Å². The average molecular weight is 336 g/mol. The van der Waals surface area contributed by atoms with Gasteiger partial charge in [-0.05, 0) is 19.3 Å². The van der Waals surface area contributed by atoms with E-state index in [-0.39, 0.29) is 23.4 Å². The average Bonchev–Trinajstić information content (AvgIpc) is 3.08. The summed E-state index contributed by atoms with van der Waals surface area (Å²) in [5.41, 5.74) is 0.640. The molecule has 2 rings (SSSR count). The number of amides is 1. The van der Waals surface area contributed by atoms with Crippen molar-refractivity contribution >= 4 is 11.6 Å². The van der Waals surface area contributed by atoms with Crippen molar-refractivity contribution in [2.75, 3.05) is 31.7 Å². The summed E-state index contributed by atoms with van der Waals surface area (Å²) in [5, 5.41) is 7.30. The Bertz CT molecular complexity index is 598. The highest BCUT2D eigenvalue weighted by Crippen LogP contribution is 2.22. The predicted octanol–water partition coefficient (Wildman–Crippen LogP) is 1.02. The summed E-state index contributed by atoms with van der Waals surface area (Å²) in [6.07, 6.45) is 4.39. The van der Waals surface area contributed by atoms with Gasteiger partial charge >= 0.3 is 0 Å². The third kappa shape index (κ3) is 4.56. The Morgan fingerprint density at radius 1 is 1.46 bits per heavy atom. The van der Waals surface area contributed by atoms with Crippen molar-refractivity contribution in [1.29, 1.82) is 0 Å². The number of aromatic nitrogens is 2. The van der Waals surface area contributed by atoms with Gasteiger partial charge in [0.25, 0.3) is 5.56 Å². The quantitative estimate of drug-likeness (QED) is 0.767. The molecular weight excluding hydrogens is 308 g/mol. The van der Waals surface area contributed by atoms with Crippen LogP contribution in [0, 0.1) is 5.92 Å². The van der Waals surface area contributed by atoms with Gasteiger partial charge in [-0.2, -0.15) is 5.10 Å². The summed E-state index contributed by atoms with van der Waals surface area (Å²) in [5.74, 6) is 0.0918. The Balaban J connectivity index is 1.96. The molecule has 134 valence electrons. The molecule has 1 N–H and O–H groups in total. The van der Waals surface area contributed by atoms with E-state index in [9.17, 15) is 9.59 Å². The summed E-state index contributed by atoms with van der Waals surface area (Å²) < 4.78 is 6.36. The standard InChI is InChI=1S/C17H28N4O3/c1-4-14(5-2)19-17(23)13-6-7-20(12-13)15-10-16(22)21(18-11-15)8-9-24-3/h10-11,13-14H,4-9,12H2,1-3H3,(H,19,23). The molecule has 1 aliphatic rings. The van der Waals surface area contributed by atoms with Crippen molar-refractivity contribution < 1.29 is 9.53 Å². The molecule has 7 nitrogen and oxygen atoms in total. The number of carbonyl (C=O) groups excluding carboxylic acids is 1. The Morgan fingerprint density at radius 2 is 2.21 bits per heavy atom. The molecule has 1 aromatic rings. The Hall–Kier alpha value is -1.89. The first-order valence-electron chi connectivity index (χ1n) is 8.70. The molecule has 1 aliphatic heterocycles. The van der Waals surface area contributed by atoms with Crippen LogP contribution in [0.4, 0.5) is 5.69 Å². The van der Waals surface area contributed by atoms with Crippen LogP contribution in [0.2, 0.25) is 0 Å². The van der Waals surface area contributed by atoms with Crippen LogP contribution >= 0.6 is 0 Å². The van der Waals surface area contributed by atoms with Crippen LogP contribution in [-0.4, -0.2) is 48.5 Å². The number of anilines is 1. The number of rotatable bonds is 8. The highest BCUT2D eigenvalue weighted by atomic mass is 16.5. The van der Waals surface area contributed by atoms with E-state index in [0.717, 1.165) is 31.5 Å². The van der Waals surface area contributed by atoms with Gasteiger partial charge in [0.1, 0.15) is 0 Å². The Kier molecular flexibility index (Phi) is 6.78. The van der Waals surface area contributed by atoms with Crippen LogP contribution < -0.4 is 15.8 Å². The third-order valence-corrected chi connectivity index (χ3v) is 4.62. The van der Waals surface area contributed by atoms with Gasteiger partial charge in [0.05, 0.1) is 31.0 Å². The van der Waals surface area contributed by atoms with Crippen LogP contribution in [0.1, 0.15) is 33.1 Å². The molecule has 1 amide bonds. The fourth-order valence-corrected chi connectivity index (χ4v) is 2.96. The van der Waals surface area contributed by atoms with Crippen LogP contribution in [0.5, 0.6) is 0 Å². The molecule has 0 saturated carbocycles. The lowest BCUT2D eigenvalue weighted by Crippen LogP contribution is -2.39. The zero-order valence-corrected chi connectivity index (χ0v) is 14.8. The lowest BCUT2D eigenvalue weighted by atomic mass is 10.1. The van der Waals surface area contributed by atoms with E-state index in [1.807, 2.05) is 0 Å². The van der Waals surface area contributed by atoms with Crippen molar-refractivity contribution in [3.8, 4) is 0 Å². The third-order valence-electron chi connectivity index (χ3n) is 4.62. The summed E-state index contributed by atoms with van der Waals surface area (Å²) in [6, 6.07) is 1.84. The van der Waals surface area contributed by atoms with Gasteiger partial charge in [-0.25, -0.2) is 4.68 Å². The summed E-state index contributed by atoms with van der Waals surface area (Å²) >= 11 is 0. The number of nitrogens with zero attached hydrogens (tertiary/aromatic N) is 3. The fraction of sp³-hybridized carbons (Fsp3) is 0.706. The van der Waals surface area contributed by atoms with Gasteiger partial charge in [0.2, 0.25) is 5.91 Å². The number of hydrogen-bond acceptors (Lipinski definition) is 5. The van der Waals surface area contributed by atoms with Gasteiger partial charge in [0.15, 0.2) is 0 Å². The zero-order chi connectivity index (χ0) is 17.5. The normalized spacial score (nSPS) is 17.5. The zero-order valence-electron chi connectivity index (χ0n) is 14.8. The first-order chi connectivity index (χ1) is 11.6. The lowest BCUT2D eigenvalue weighted by molar-refractivity contribution is -0.125. The summed E-state index contributed by atoms with van der Waals surface area (Å²) in [6.45, 7) is 6.46. The number of ether oxygens (including phenoxy) is 1. The second-order valence-electron chi connectivity index (χ2n) is 6.22. The number of methoxy groups -OCH3 is 1. The molecule has 1 aromatic heterocycles. The SMILES string of the molecule is CCC(CC)NC(=O)C1CCN(c2cnn(CCOC)c(=O)c2)C1. The van der Waals surface area contributed by atoms with Crippen molar-refractivity contribution in [2.24, 2.45) is 5.92 Å². The van der Waals surface area contributed by atoms with E-state index in [1.54, 1.807) is 19.4 Å². The maximum Gasteiger partial charge on any atom is 0.268 e. The van der Waals surface area contributed by atoms with Gasteiger partial charge in [-0.3, -0.25) is 9.59 Å². The minimum Gasteiger partial charge on any atom is -0.383 e. The number of nitrogens with one attached hydrogen (secondary N) is 1. The maximum absolute atomic E-state index is 12.4. The second kappa shape index (κ2) is 8.82. The van der Waals surface area contributed by atoms with E-state index >= 15 is 0 Å². The molecule has 24 heavy (non-hydrogen) atoms. The molecule has 7 heteroatoms. The molecule has 0 aliphatic carbocycles. The van der Waals surface area contributed by atoms with Crippen molar-refractivity contribution in [1.82, 2.24) is 15.1 Å². The van der Waals surface area contributed by atoms with Crippen molar-refractivity contribution in [3.05, 3.63) is 22.6 Å². The van der Waals surface area contributed by atoms with E-state index < -0.39 is 0 Å². The highest BCUT2D eigenvalue weighted by Gasteiger charge is 2.29. The van der Waals surface area contributed by atoms with E-state index in [4.69, 9.17) is 4.74 Å². The molecule has 0 bridgehead atoms. The number of carbonyl (C=O) groups is 1. The minimum absolute atomic E-state index is 0.0264. The van der Waals surface area contributed by atoms with Crippen molar-refractivity contribution in [2.45, 2.75) is 45.7 Å². The predicted molar refractivity (Wildman–Crippen MR) is 93.2 cm³/mol. The largest absolute Gasteiger partial charge is 0.383 e. The molecule has 1 fully saturated rings. The summed E-state index contributed by atoms with van der Waals surface area (Å²) in [4.78, 5) is 26.5. The van der Waals surface area contributed by atoms with Crippen LogP contribution in [-0.2, 0) is 16.1 Å². The lowest BCUT2D eigenvalue weighted by Gasteiger charge is -2.20. The maximum atomic E-state index is 12.4. The monoisotopic (exact) mass is 336 g/mol. The molecule has 1 atom stereocenters. The Morgan fingerprint density at radius 3 is 2.83 bits per heavy atom. The smallest absolute Gasteiger partial charge is 0.268 e. The van der Waals surface area contributed by atoms with Crippen LogP contribution in [0.3, 0.4) is 0 Å². The Labute approximate surface area is 143 Å². The molecule has 1 unspecified atom stereocenters. The van der Waals surface area contributed by atoms with Gasteiger partial charge in [-0.15, -0.1) is 0 Å². The summed E-state index contributed by atoms with van der Waals surface area (Å²) in [7, 11) is 1.59. The molecule has 2 heterocycles. The van der Waals surface area contributed by atoms with Gasteiger partial charge < -0.3 is 15.0 Å². The topological polar surface area (TPSA) is 76.5 Å². The van der Waals surface area contributed by atoms with Crippen LogP contribution in [0.25, 0.3) is 0 Å². The van der Waals surface area contributed by atoms with Crippen molar-refractivity contribution in [3.63, 3.8) is 0 Å². The van der Waals surface area contributed by atoms with E-state index in [2.05, 4.69) is 29.2 Å². The molecule has 0 aromatic carbocycles. The van der Waals surface area contributed by atoms with Gasteiger partial charge in [0, 0.05) is 32.3 Å². The molecular formula is C17H28N4O3. The van der Waals surface area contributed by atoms with E-state index in [0.29, 0.717) is 19.7 Å². The fourth-order valence-electron chi connectivity index (χ4n) is 2.96. The van der Waals surface area contributed by atoms with Crippen LogP contribution in [0.15, 0.2) is 17.1 Å². The highest BCUT2D eigenvalue weighted by molar-refractivity contribution is 5.80. The van der Waals surface area contributed by atoms with E-state index in [1.165, 1.54) is 4.68 Å². The molecule has 1 saturated heterocycles. The first kappa shape index (κ1) is 18.4. The second-order valence-corrected chi connectivity index (χ2v) is 6.22. The molecule has 0 radical (unpaired) electrons. The first-order valence-corrected chi connectivity index (χ1v) is 8.70.